The zero-order valence-electron chi connectivity index (χ0n) is 29.3. The summed E-state index contributed by atoms with van der Waals surface area (Å²) in [7, 11) is 0. The molecule has 0 aromatic carbocycles. The van der Waals surface area contributed by atoms with Crippen LogP contribution in [0.15, 0.2) is 0 Å². The van der Waals surface area contributed by atoms with E-state index in [0.29, 0.717) is 33.2 Å². The fraction of sp³-hybridized carbons (Fsp3) is 0.939. The summed E-state index contributed by atoms with van der Waals surface area (Å²) in [6.07, 6.45) is 12.3. The average Bonchev–Trinajstić information content (AvgIpc) is 2.70. The molecule has 3 saturated heterocycles. The van der Waals surface area contributed by atoms with Crippen LogP contribution in [0.25, 0.3) is 0 Å². The summed E-state index contributed by atoms with van der Waals surface area (Å²) in [5, 5.41) is 26.5. The molecule has 3 rings (SSSR count). The second-order valence-corrected chi connectivity index (χ2v) is 15.9. The second kappa shape index (κ2) is 17.8. The molecule has 0 saturated carbocycles. The lowest BCUT2D eigenvalue weighted by Gasteiger charge is -2.42. The molecule has 0 aromatic rings. The molecular formula is C33H70N4O4. The summed E-state index contributed by atoms with van der Waals surface area (Å²) in [4.78, 5) is 18.9. The van der Waals surface area contributed by atoms with Crippen molar-refractivity contribution in [1.29, 1.82) is 0 Å². The van der Waals surface area contributed by atoms with Crippen molar-refractivity contribution in [2.45, 2.75) is 194 Å². The maximum Gasteiger partial charge on any atom is 0.304 e. The van der Waals surface area contributed by atoms with Gasteiger partial charge in [0.2, 0.25) is 0 Å². The van der Waals surface area contributed by atoms with Gasteiger partial charge in [0, 0.05) is 46.2 Å². The molecule has 0 radical (unpaired) electrons. The Hall–Kier alpha value is -1.22. The highest BCUT2D eigenvalue weighted by atomic mass is 16.4. The first-order valence-corrected chi connectivity index (χ1v) is 15.8. The van der Waals surface area contributed by atoms with Crippen LogP contribution in [0.2, 0.25) is 0 Å². The van der Waals surface area contributed by atoms with E-state index < -0.39 is 11.9 Å². The number of aliphatic carboxylic acids is 2. The molecular weight excluding hydrogens is 516 g/mol. The van der Waals surface area contributed by atoms with Crippen LogP contribution < -0.4 is 21.7 Å². The lowest BCUT2D eigenvalue weighted by Crippen LogP contribution is -2.55. The van der Waals surface area contributed by atoms with Gasteiger partial charge in [0.25, 0.3) is 0 Å². The Bertz CT molecular complexity index is 640. The Morgan fingerprint density at radius 1 is 0.537 bits per heavy atom. The minimum atomic E-state index is -0.836. The number of nitrogens with one attached hydrogen (secondary N) is 3. The topological polar surface area (TPSA) is 137 Å². The molecule has 0 aliphatic carbocycles. The summed E-state index contributed by atoms with van der Waals surface area (Å²) >= 11 is 0. The van der Waals surface area contributed by atoms with Gasteiger partial charge in [-0.25, -0.2) is 0 Å². The summed E-state index contributed by atoms with van der Waals surface area (Å²) in [5.41, 5.74) is 7.03. The second-order valence-electron chi connectivity index (χ2n) is 15.9. The summed E-state index contributed by atoms with van der Waals surface area (Å²) in [5.74, 6) is -1.58. The third-order valence-corrected chi connectivity index (χ3v) is 7.50. The summed E-state index contributed by atoms with van der Waals surface area (Å²) in [6, 6.07) is 0. The molecule has 0 aromatic heterocycles. The van der Waals surface area contributed by atoms with Gasteiger partial charge in [0.05, 0.1) is 6.42 Å². The maximum atomic E-state index is 9.52. The molecule has 0 unspecified atom stereocenters. The molecule has 0 amide bonds. The number of carbonyl (C=O) groups is 2. The minimum absolute atomic E-state index is 0.0694. The SMILES string of the molecule is CC1(C)CCCC(C)(C)N1.CC1(C)CCCC(C)(C)N1.CC1(C)CCCC(C)(C)N1.CCC(=O)O.NCCC(=O)O. The van der Waals surface area contributed by atoms with Crippen LogP contribution in [-0.2, 0) is 9.59 Å². The number of nitrogens with two attached hydrogens (primary N) is 1. The van der Waals surface area contributed by atoms with Crippen LogP contribution in [0.1, 0.15) is 161 Å². The zero-order valence-corrected chi connectivity index (χ0v) is 29.3. The van der Waals surface area contributed by atoms with Crippen molar-refractivity contribution in [2.75, 3.05) is 6.54 Å². The normalized spacial score (nSPS) is 24.0. The highest BCUT2D eigenvalue weighted by molar-refractivity contribution is 5.66. The molecule has 0 atom stereocenters. The number of carboxylic acids is 2. The van der Waals surface area contributed by atoms with Gasteiger partial charge in [-0.05, 0) is 141 Å². The first-order chi connectivity index (χ1) is 18.3. The third-order valence-electron chi connectivity index (χ3n) is 7.50. The van der Waals surface area contributed by atoms with Gasteiger partial charge in [0.1, 0.15) is 0 Å². The van der Waals surface area contributed by atoms with Crippen LogP contribution in [0, 0.1) is 0 Å². The number of hydrogen-bond acceptors (Lipinski definition) is 6. The molecule has 8 heteroatoms. The average molecular weight is 587 g/mol. The van der Waals surface area contributed by atoms with Gasteiger partial charge in [0.15, 0.2) is 0 Å². The van der Waals surface area contributed by atoms with Gasteiger partial charge < -0.3 is 31.9 Å². The Balaban J connectivity index is 0. The molecule has 3 aliphatic rings. The molecule has 3 fully saturated rings. The Morgan fingerprint density at radius 3 is 0.780 bits per heavy atom. The van der Waals surface area contributed by atoms with Crippen LogP contribution >= 0.6 is 0 Å². The van der Waals surface area contributed by atoms with E-state index in [1.54, 1.807) is 6.92 Å². The quantitative estimate of drug-likeness (QED) is 0.211. The predicted octanol–water partition coefficient (Wildman–Crippen LogP) is 6.85. The molecule has 246 valence electrons. The van der Waals surface area contributed by atoms with E-state index in [0.717, 1.165) is 0 Å². The molecule has 7 N–H and O–H groups in total. The Morgan fingerprint density at radius 2 is 0.732 bits per heavy atom. The largest absolute Gasteiger partial charge is 0.481 e. The number of hydrogen-bond donors (Lipinski definition) is 6. The van der Waals surface area contributed by atoms with Crippen molar-refractivity contribution < 1.29 is 19.8 Å². The zero-order chi connectivity index (χ0) is 32.8. The standard InChI is InChI=1S/3C9H19N.C3H7NO2.C3H6O2/c3*1-8(2)6-5-7-9(3,4)10-8;4-2-1-3(5)6;1-2-3(4)5/h3*10H,5-7H2,1-4H3;1-2,4H2,(H,5,6);2H2,1H3,(H,4,5). The first kappa shape index (κ1) is 41.9. The van der Waals surface area contributed by atoms with E-state index >= 15 is 0 Å². The van der Waals surface area contributed by atoms with Crippen molar-refractivity contribution in [3.05, 3.63) is 0 Å². The van der Waals surface area contributed by atoms with E-state index in [1.807, 2.05) is 0 Å². The molecule has 3 heterocycles. The molecule has 0 spiro atoms. The Kier molecular flexibility index (Phi) is 18.2. The first-order valence-electron chi connectivity index (χ1n) is 15.8. The third kappa shape index (κ3) is 25.0. The van der Waals surface area contributed by atoms with E-state index in [9.17, 15) is 9.59 Å². The van der Waals surface area contributed by atoms with E-state index in [1.165, 1.54) is 57.8 Å². The van der Waals surface area contributed by atoms with Crippen LogP contribution in [-0.4, -0.2) is 61.9 Å². The minimum Gasteiger partial charge on any atom is -0.481 e. The predicted molar refractivity (Wildman–Crippen MR) is 175 cm³/mol. The van der Waals surface area contributed by atoms with Gasteiger partial charge in [-0.3, -0.25) is 9.59 Å². The van der Waals surface area contributed by atoms with Crippen molar-refractivity contribution in [3.8, 4) is 0 Å². The summed E-state index contributed by atoms with van der Waals surface area (Å²) < 4.78 is 0. The highest BCUT2D eigenvalue weighted by Crippen LogP contribution is 2.29. The van der Waals surface area contributed by atoms with Gasteiger partial charge in [-0.1, -0.05) is 6.92 Å². The van der Waals surface area contributed by atoms with E-state index in [2.05, 4.69) is 99.0 Å². The van der Waals surface area contributed by atoms with Gasteiger partial charge in [-0.2, -0.15) is 0 Å². The van der Waals surface area contributed by atoms with E-state index in [4.69, 9.17) is 15.9 Å². The van der Waals surface area contributed by atoms with Gasteiger partial charge >= 0.3 is 11.9 Å². The smallest absolute Gasteiger partial charge is 0.304 e. The molecule has 3 aliphatic heterocycles. The highest BCUT2D eigenvalue weighted by Gasteiger charge is 2.33. The lowest BCUT2D eigenvalue weighted by molar-refractivity contribution is -0.137. The number of carboxylic acid groups (broad SMARTS) is 2. The van der Waals surface area contributed by atoms with Crippen molar-refractivity contribution in [2.24, 2.45) is 5.73 Å². The van der Waals surface area contributed by atoms with Crippen molar-refractivity contribution in [3.63, 3.8) is 0 Å². The van der Waals surface area contributed by atoms with E-state index in [-0.39, 0.29) is 19.4 Å². The fourth-order valence-corrected chi connectivity index (χ4v) is 6.16. The number of rotatable bonds is 3. The van der Waals surface area contributed by atoms with Crippen molar-refractivity contribution >= 4 is 11.9 Å². The Labute approximate surface area is 253 Å². The molecule has 8 nitrogen and oxygen atoms in total. The monoisotopic (exact) mass is 587 g/mol. The molecule has 0 bridgehead atoms. The van der Waals surface area contributed by atoms with Crippen molar-refractivity contribution in [1.82, 2.24) is 16.0 Å². The van der Waals surface area contributed by atoms with Gasteiger partial charge in [-0.15, -0.1) is 0 Å². The number of piperidine rings is 3. The maximum absolute atomic E-state index is 9.52. The van der Waals surface area contributed by atoms with Crippen LogP contribution in [0.3, 0.4) is 0 Å². The fourth-order valence-electron chi connectivity index (χ4n) is 6.16. The van der Waals surface area contributed by atoms with Crippen LogP contribution in [0.5, 0.6) is 0 Å². The van der Waals surface area contributed by atoms with Crippen LogP contribution in [0.4, 0.5) is 0 Å². The lowest BCUT2D eigenvalue weighted by atomic mass is 9.83. The molecule has 41 heavy (non-hydrogen) atoms. The summed E-state index contributed by atoms with van der Waals surface area (Å²) in [6.45, 7) is 29.3.